The Kier molecular flexibility index (Phi) is 5.58. The van der Waals surface area contributed by atoms with E-state index >= 15 is 0 Å². The average molecular weight is 465 g/mol. The molecule has 2 aliphatic rings. The van der Waals surface area contributed by atoms with E-state index in [0.29, 0.717) is 16.5 Å². The summed E-state index contributed by atoms with van der Waals surface area (Å²) in [4.78, 5) is 13.6. The van der Waals surface area contributed by atoms with Crippen molar-refractivity contribution < 1.29 is 9.53 Å². The number of para-hydroxylation sites is 2. The minimum Gasteiger partial charge on any atom is -0.497 e. The topological polar surface area (TPSA) is 50.4 Å². The Balaban J connectivity index is 1.63. The van der Waals surface area contributed by atoms with Crippen molar-refractivity contribution in [3.63, 3.8) is 0 Å². The zero-order chi connectivity index (χ0) is 22.2. The maximum atomic E-state index is 13.6. The first-order valence-electron chi connectivity index (χ1n) is 10.5. The first kappa shape index (κ1) is 20.9. The smallest absolute Gasteiger partial charge is 0.145 e. The fourth-order valence-corrected chi connectivity index (χ4v) is 5.25. The van der Waals surface area contributed by atoms with Crippen molar-refractivity contribution in [3.05, 3.63) is 99.7 Å². The van der Waals surface area contributed by atoms with Gasteiger partial charge < -0.3 is 15.4 Å². The molecule has 0 saturated heterocycles. The summed E-state index contributed by atoms with van der Waals surface area (Å²) >= 11 is 13.2. The van der Waals surface area contributed by atoms with Gasteiger partial charge in [0.25, 0.3) is 0 Å². The van der Waals surface area contributed by atoms with E-state index in [1.807, 2.05) is 66.7 Å². The van der Waals surface area contributed by atoms with Gasteiger partial charge in [-0.1, -0.05) is 59.6 Å². The molecule has 6 heteroatoms. The summed E-state index contributed by atoms with van der Waals surface area (Å²) in [6.07, 6.45) is 2.56. The molecule has 5 rings (SSSR count). The fraction of sp³-hybridized carbons (Fsp3) is 0.192. The highest BCUT2D eigenvalue weighted by Gasteiger charge is 2.41. The molecule has 32 heavy (non-hydrogen) atoms. The first-order chi connectivity index (χ1) is 15.5. The lowest BCUT2D eigenvalue weighted by Crippen LogP contribution is -2.34. The number of hydrogen-bond donors (Lipinski definition) is 2. The Morgan fingerprint density at radius 3 is 2.28 bits per heavy atom. The Hall–Kier alpha value is -2.95. The Labute approximate surface area is 197 Å². The second-order valence-corrected chi connectivity index (χ2v) is 8.89. The summed E-state index contributed by atoms with van der Waals surface area (Å²) in [6, 6.07) is 20.8. The van der Waals surface area contributed by atoms with Crippen LogP contribution in [0, 0.1) is 5.92 Å². The molecule has 4 nitrogen and oxygen atoms in total. The van der Waals surface area contributed by atoms with Gasteiger partial charge in [-0.05, 0) is 42.0 Å². The van der Waals surface area contributed by atoms with Gasteiger partial charge in [0, 0.05) is 33.6 Å². The molecular formula is C26H22Cl2N2O2. The molecule has 3 aromatic carbocycles. The van der Waals surface area contributed by atoms with Crippen molar-refractivity contribution in [2.45, 2.75) is 18.4 Å². The van der Waals surface area contributed by atoms with E-state index in [-0.39, 0.29) is 17.7 Å². The molecule has 1 aliphatic carbocycles. The van der Waals surface area contributed by atoms with Crippen molar-refractivity contribution in [2.75, 3.05) is 17.7 Å². The highest BCUT2D eigenvalue weighted by molar-refractivity contribution is 6.36. The minimum absolute atomic E-state index is 0.0280. The van der Waals surface area contributed by atoms with Gasteiger partial charge in [0.2, 0.25) is 0 Å². The molecule has 1 aliphatic heterocycles. The number of benzene rings is 3. The highest BCUT2D eigenvalue weighted by Crippen LogP contribution is 2.47. The van der Waals surface area contributed by atoms with Crippen LogP contribution in [0.15, 0.2) is 78.5 Å². The number of halogens is 2. The van der Waals surface area contributed by atoms with Crippen molar-refractivity contribution in [1.82, 2.24) is 0 Å². The van der Waals surface area contributed by atoms with E-state index in [4.69, 9.17) is 27.9 Å². The van der Waals surface area contributed by atoms with Crippen LogP contribution >= 0.6 is 23.2 Å². The summed E-state index contributed by atoms with van der Waals surface area (Å²) in [5.74, 6) is 0.465. The number of carbonyl (C=O) groups excluding carboxylic acids is 1. The fourth-order valence-electron chi connectivity index (χ4n) is 4.62. The van der Waals surface area contributed by atoms with Crippen LogP contribution in [-0.2, 0) is 4.79 Å². The molecule has 0 amide bonds. The van der Waals surface area contributed by atoms with Crippen molar-refractivity contribution in [3.8, 4) is 5.75 Å². The number of ketones is 1. The molecule has 0 spiro atoms. The van der Waals surface area contributed by atoms with Crippen LogP contribution in [0.2, 0.25) is 10.0 Å². The van der Waals surface area contributed by atoms with Crippen molar-refractivity contribution in [1.29, 1.82) is 0 Å². The number of methoxy groups -OCH3 is 1. The van der Waals surface area contributed by atoms with Gasteiger partial charge in [-0.25, -0.2) is 0 Å². The zero-order valence-electron chi connectivity index (χ0n) is 17.4. The maximum absolute atomic E-state index is 13.6. The molecule has 1 heterocycles. The summed E-state index contributed by atoms with van der Waals surface area (Å²) in [6.45, 7) is 0. The van der Waals surface area contributed by atoms with Gasteiger partial charge in [-0.15, -0.1) is 0 Å². The number of carbonyl (C=O) groups is 1. The number of fused-ring (bicyclic) bond motifs is 2. The Morgan fingerprint density at radius 2 is 1.59 bits per heavy atom. The van der Waals surface area contributed by atoms with Crippen LogP contribution in [0.3, 0.4) is 0 Å². The SMILES string of the molecule is COc1ccc([C@@H]2C=C3Nc4ccccc4N[C@H](c4c(Cl)cccc4Cl)[C@H]3C(=O)C2)cc1. The highest BCUT2D eigenvalue weighted by atomic mass is 35.5. The van der Waals surface area contributed by atoms with Crippen LogP contribution in [0.1, 0.15) is 29.5 Å². The normalized spacial score (nSPS) is 21.9. The third kappa shape index (κ3) is 3.74. The number of nitrogens with one attached hydrogen (secondary N) is 2. The molecule has 162 valence electrons. The minimum atomic E-state index is -0.436. The van der Waals surface area contributed by atoms with Gasteiger partial charge in [-0.3, -0.25) is 4.79 Å². The van der Waals surface area contributed by atoms with E-state index < -0.39 is 5.92 Å². The molecule has 0 aromatic heterocycles. The van der Waals surface area contributed by atoms with Crippen molar-refractivity contribution >= 4 is 40.4 Å². The first-order valence-corrected chi connectivity index (χ1v) is 11.3. The lowest BCUT2D eigenvalue weighted by Gasteiger charge is -2.33. The third-order valence-electron chi connectivity index (χ3n) is 6.19. The predicted octanol–water partition coefficient (Wildman–Crippen LogP) is 6.84. The summed E-state index contributed by atoms with van der Waals surface area (Å²) in [7, 11) is 1.64. The van der Waals surface area contributed by atoms with Crippen LogP contribution < -0.4 is 15.4 Å². The number of anilines is 2. The maximum Gasteiger partial charge on any atom is 0.145 e. The molecule has 0 bridgehead atoms. The largest absolute Gasteiger partial charge is 0.497 e. The zero-order valence-corrected chi connectivity index (χ0v) is 19.0. The molecule has 2 N–H and O–H groups in total. The number of allylic oxidation sites excluding steroid dienone is 1. The quantitative estimate of drug-likeness (QED) is 0.445. The van der Waals surface area contributed by atoms with E-state index in [1.165, 1.54) is 0 Å². The summed E-state index contributed by atoms with van der Waals surface area (Å²) < 4.78 is 5.28. The number of ether oxygens (including phenoxy) is 1. The van der Waals surface area contributed by atoms with E-state index in [9.17, 15) is 4.79 Å². The second-order valence-electron chi connectivity index (χ2n) is 8.08. The summed E-state index contributed by atoms with van der Waals surface area (Å²) in [5, 5.41) is 8.15. The van der Waals surface area contributed by atoms with Gasteiger partial charge in [-0.2, -0.15) is 0 Å². The molecule has 0 radical (unpaired) electrons. The van der Waals surface area contributed by atoms with E-state index in [2.05, 4.69) is 16.7 Å². The predicted molar refractivity (Wildman–Crippen MR) is 130 cm³/mol. The molecule has 0 fully saturated rings. The molecule has 3 aromatic rings. The van der Waals surface area contributed by atoms with E-state index in [0.717, 1.165) is 33.9 Å². The van der Waals surface area contributed by atoms with Crippen LogP contribution in [0.5, 0.6) is 5.75 Å². The third-order valence-corrected chi connectivity index (χ3v) is 6.85. The van der Waals surface area contributed by atoms with Gasteiger partial charge >= 0.3 is 0 Å². The van der Waals surface area contributed by atoms with Crippen LogP contribution in [-0.4, -0.2) is 12.9 Å². The summed E-state index contributed by atoms with van der Waals surface area (Å²) in [5.41, 5.74) is 4.49. The average Bonchev–Trinajstić information content (AvgIpc) is 2.96. The number of hydrogen-bond acceptors (Lipinski definition) is 4. The van der Waals surface area contributed by atoms with Crippen molar-refractivity contribution in [2.24, 2.45) is 5.92 Å². The molecular weight excluding hydrogens is 443 g/mol. The van der Waals surface area contributed by atoms with Gasteiger partial charge in [0.1, 0.15) is 11.5 Å². The monoisotopic (exact) mass is 464 g/mol. The number of Topliss-reactive ketones (excluding diaryl/α,β-unsaturated/α-hetero) is 1. The molecule has 3 atom stereocenters. The van der Waals surface area contributed by atoms with E-state index in [1.54, 1.807) is 7.11 Å². The Morgan fingerprint density at radius 1 is 0.906 bits per heavy atom. The van der Waals surface area contributed by atoms with Gasteiger partial charge in [0.15, 0.2) is 0 Å². The molecule has 0 unspecified atom stereocenters. The lowest BCUT2D eigenvalue weighted by atomic mass is 9.76. The lowest BCUT2D eigenvalue weighted by molar-refractivity contribution is -0.122. The van der Waals surface area contributed by atoms with Crippen LogP contribution in [0.25, 0.3) is 0 Å². The Bertz CT molecular complexity index is 1190. The second kappa shape index (κ2) is 8.53. The van der Waals surface area contributed by atoms with Gasteiger partial charge in [0.05, 0.1) is 30.4 Å². The molecule has 0 saturated carbocycles. The number of rotatable bonds is 3. The standard InChI is InChI=1S/C26H22Cl2N2O2/c1-32-17-11-9-15(10-12-17)16-13-22-25(23(31)14-16)26(24-18(27)5-4-6-19(24)28)30-21-8-3-2-7-20(21)29-22/h2-13,16,25-26,29-30H,14H2,1H3/t16-,25-,26-/m1/s1. The van der Waals surface area contributed by atoms with Crippen LogP contribution in [0.4, 0.5) is 11.4 Å².